The first kappa shape index (κ1) is 14.4. The van der Waals surface area contributed by atoms with Gasteiger partial charge in [0.25, 0.3) is 0 Å². The number of methoxy groups -OCH3 is 1. The lowest BCUT2D eigenvalue weighted by Crippen LogP contribution is -2.08. The van der Waals surface area contributed by atoms with Crippen LogP contribution in [-0.4, -0.2) is 7.11 Å². The molecule has 0 aromatic heterocycles. The lowest BCUT2D eigenvalue weighted by molar-refractivity contribution is 0.300. The molecule has 2 N–H and O–H groups in total. The molecule has 106 valence electrons. The second-order valence-corrected chi connectivity index (χ2v) is 4.97. The first-order valence-electron chi connectivity index (χ1n) is 6.72. The molecule has 0 bridgehead atoms. The molecule has 1 atom stereocenters. The van der Waals surface area contributed by atoms with E-state index in [2.05, 4.69) is 13.0 Å². The van der Waals surface area contributed by atoms with Crippen molar-refractivity contribution in [3.05, 3.63) is 59.2 Å². The van der Waals surface area contributed by atoms with Crippen LogP contribution < -0.4 is 15.2 Å². The summed E-state index contributed by atoms with van der Waals surface area (Å²) >= 11 is 0. The summed E-state index contributed by atoms with van der Waals surface area (Å²) < 4.78 is 11.1. The Morgan fingerprint density at radius 1 is 1.15 bits per heavy atom. The molecule has 3 heteroatoms. The van der Waals surface area contributed by atoms with E-state index in [0.29, 0.717) is 6.61 Å². The van der Waals surface area contributed by atoms with Gasteiger partial charge in [0.05, 0.1) is 7.11 Å². The molecule has 2 aromatic carbocycles. The van der Waals surface area contributed by atoms with E-state index < -0.39 is 0 Å². The van der Waals surface area contributed by atoms with E-state index in [1.54, 1.807) is 7.11 Å². The van der Waals surface area contributed by atoms with Gasteiger partial charge in [-0.15, -0.1) is 0 Å². The van der Waals surface area contributed by atoms with Crippen LogP contribution in [0.1, 0.15) is 29.7 Å². The number of ether oxygens (including phenoxy) is 2. The minimum absolute atomic E-state index is 0.0461. The van der Waals surface area contributed by atoms with Crippen LogP contribution in [0.15, 0.2) is 42.5 Å². The molecule has 0 radical (unpaired) electrons. The maximum Gasteiger partial charge on any atom is 0.124 e. The average Bonchev–Trinajstić information content (AvgIpc) is 2.46. The van der Waals surface area contributed by atoms with Crippen molar-refractivity contribution in [1.82, 2.24) is 0 Å². The van der Waals surface area contributed by atoms with Crippen LogP contribution in [0.4, 0.5) is 0 Å². The van der Waals surface area contributed by atoms with E-state index in [4.69, 9.17) is 15.2 Å². The summed E-state index contributed by atoms with van der Waals surface area (Å²) in [5, 5.41) is 0. The fourth-order valence-corrected chi connectivity index (χ4v) is 2.08. The Kier molecular flexibility index (Phi) is 4.64. The molecule has 0 heterocycles. The van der Waals surface area contributed by atoms with E-state index >= 15 is 0 Å². The SMILES string of the molecule is COc1cccc(COc2ccc(C)cc2[C@@H](C)N)c1. The van der Waals surface area contributed by atoms with Crippen molar-refractivity contribution in [3.63, 3.8) is 0 Å². The van der Waals surface area contributed by atoms with Crippen LogP contribution in [0.25, 0.3) is 0 Å². The third-order valence-corrected chi connectivity index (χ3v) is 3.18. The van der Waals surface area contributed by atoms with Gasteiger partial charge in [0, 0.05) is 11.6 Å². The molecule has 0 saturated carbocycles. The predicted octanol–water partition coefficient (Wildman–Crippen LogP) is 3.60. The molecular weight excluding hydrogens is 250 g/mol. The summed E-state index contributed by atoms with van der Waals surface area (Å²) in [6.07, 6.45) is 0. The third kappa shape index (κ3) is 3.52. The van der Waals surface area contributed by atoms with Gasteiger partial charge in [-0.2, -0.15) is 0 Å². The Hall–Kier alpha value is -2.00. The highest BCUT2D eigenvalue weighted by atomic mass is 16.5. The Labute approximate surface area is 120 Å². The maximum absolute atomic E-state index is 6.00. The van der Waals surface area contributed by atoms with Gasteiger partial charge < -0.3 is 15.2 Å². The van der Waals surface area contributed by atoms with E-state index in [-0.39, 0.29) is 6.04 Å². The fraction of sp³-hybridized carbons (Fsp3) is 0.294. The van der Waals surface area contributed by atoms with Gasteiger partial charge in [-0.25, -0.2) is 0 Å². The molecule has 3 nitrogen and oxygen atoms in total. The number of rotatable bonds is 5. The summed E-state index contributed by atoms with van der Waals surface area (Å²) in [4.78, 5) is 0. The van der Waals surface area contributed by atoms with Gasteiger partial charge in [-0.3, -0.25) is 0 Å². The number of hydrogen-bond acceptors (Lipinski definition) is 3. The van der Waals surface area contributed by atoms with Crippen LogP contribution in [0.5, 0.6) is 11.5 Å². The summed E-state index contributed by atoms with van der Waals surface area (Å²) in [6, 6.07) is 13.9. The highest BCUT2D eigenvalue weighted by Gasteiger charge is 2.08. The molecular formula is C17H21NO2. The first-order chi connectivity index (χ1) is 9.60. The predicted molar refractivity (Wildman–Crippen MR) is 81.1 cm³/mol. The van der Waals surface area contributed by atoms with Crippen LogP contribution in [0, 0.1) is 6.92 Å². The highest BCUT2D eigenvalue weighted by Crippen LogP contribution is 2.26. The second-order valence-electron chi connectivity index (χ2n) is 4.97. The lowest BCUT2D eigenvalue weighted by Gasteiger charge is -2.15. The van der Waals surface area contributed by atoms with Gasteiger partial charge in [-0.05, 0) is 37.6 Å². The Morgan fingerprint density at radius 3 is 2.65 bits per heavy atom. The largest absolute Gasteiger partial charge is 0.497 e. The van der Waals surface area contributed by atoms with Crippen molar-refractivity contribution in [2.24, 2.45) is 5.73 Å². The van der Waals surface area contributed by atoms with Crippen LogP contribution in [0.3, 0.4) is 0 Å². The normalized spacial score (nSPS) is 12.0. The second kappa shape index (κ2) is 6.44. The van der Waals surface area contributed by atoms with Gasteiger partial charge in [0.2, 0.25) is 0 Å². The summed E-state index contributed by atoms with van der Waals surface area (Å²) in [7, 11) is 1.66. The van der Waals surface area contributed by atoms with Crippen molar-refractivity contribution in [2.75, 3.05) is 7.11 Å². The zero-order valence-electron chi connectivity index (χ0n) is 12.2. The molecule has 20 heavy (non-hydrogen) atoms. The molecule has 0 fully saturated rings. The van der Waals surface area contributed by atoms with Crippen molar-refractivity contribution in [3.8, 4) is 11.5 Å². The van der Waals surface area contributed by atoms with Crippen molar-refractivity contribution >= 4 is 0 Å². The first-order valence-corrected chi connectivity index (χ1v) is 6.72. The molecule has 0 aliphatic heterocycles. The summed E-state index contributed by atoms with van der Waals surface area (Å²) in [6.45, 7) is 4.52. The van der Waals surface area contributed by atoms with Gasteiger partial charge in [0.1, 0.15) is 18.1 Å². The number of benzene rings is 2. The molecule has 0 amide bonds. The van der Waals surface area contributed by atoms with E-state index in [1.807, 2.05) is 43.3 Å². The molecule has 0 aliphatic rings. The topological polar surface area (TPSA) is 44.5 Å². The van der Waals surface area contributed by atoms with E-state index in [9.17, 15) is 0 Å². The van der Waals surface area contributed by atoms with Crippen molar-refractivity contribution in [2.45, 2.75) is 26.5 Å². The Balaban J connectivity index is 2.14. The number of nitrogens with two attached hydrogens (primary N) is 1. The maximum atomic E-state index is 6.00. The minimum Gasteiger partial charge on any atom is -0.497 e. The monoisotopic (exact) mass is 271 g/mol. The zero-order chi connectivity index (χ0) is 14.5. The van der Waals surface area contributed by atoms with Crippen molar-refractivity contribution < 1.29 is 9.47 Å². The zero-order valence-corrected chi connectivity index (χ0v) is 12.2. The Morgan fingerprint density at radius 2 is 1.95 bits per heavy atom. The van der Waals surface area contributed by atoms with Gasteiger partial charge >= 0.3 is 0 Å². The minimum atomic E-state index is -0.0461. The van der Waals surface area contributed by atoms with Crippen molar-refractivity contribution in [1.29, 1.82) is 0 Å². The molecule has 0 unspecified atom stereocenters. The summed E-state index contributed by atoms with van der Waals surface area (Å²) in [5.74, 6) is 1.68. The smallest absolute Gasteiger partial charge is 0.124 e. The van der Waals surface area contributed by atoms with E-state index in [1.165, 1.54) is 5.56 Å². The van der Waals surface area contributed by atoms with Crippen LogP contribution in [-0.2, 0) is 6.61 Å². The summed E-state index contributed by atoms with van der Waals surface area (Å²) in [5.41, 5.74) is 9.29. The van der Waals surface area contributed by atoms with Crippen LogP contribution >= 0.6 is 0 Å². The molecule has 2 rings (SSSR count). The quantitative estimate of drug-likeness (QED) is 0.903. The molecule has 0 aliphatic carbocycles. The van der Waals surface area contributed by atoms with Gasteiger partial charge in [-0.1, -0.05) is 29.8 Å². The van der Waals surface area contributed by atoms with Crippen LogP contribution in [0.2, 0.25) is 0 Å². The third-order valence-electron chi connectivity index (χ3n) is 3.18. The molecule has 0 saturated heterocycles. The highest BCUT2D eigenvalue weighted by molar-refractivity contribution is 5.39. The molecule has 0 spiro atoms. The lowest BCUT2D eigenvalue weighted by atomic mass is 10.1. The number of aryl methyl sites for hydroxylation is 1. The van der Waals surface area contributed by atoms with Gasteiger partial charge in [0.15, 0.2) is 0 Å². The standard InChI is InChI=1S/C17H21NO2/c1-12-7-8-17(16(9-12)13(2)18)20-11-14-5-4-6-15(10-14)19-3/h4-10,13H,11,18H2,1-3H3/t13-/m1/s1. The average molecular weight is 271 g/mol. The Bertz CT molecular complexity index is 579. The number of hydrogen-bond donors (Lipinski definition) is 1. The van der Waals surface area contributed by atoms with E-state index in [0.717, 1.165) is 22.6 Å². The fourth-order valence-electron chi connectivity index (χ4n) is 2.08. The molecule has 2 aromatic rings.